The Labute approximate surface area is 102 Å². The summed E-state index contributed by atoms with van der Waals surface area (Å²) in [6, 6.07) is 9.37. The molecule has 1 fully saturated rings. The van der Waals surface area contributed by atoms with Crippen LogP contribution in [0.4, 0.5) is 0 Å². The monoisotopic (exact) mass is 230 g/mol. The van der Waals surface area contributed by atoms with E-state index in [1.807, 2.05) is 30.3 Å². The summed E-state index contributed by atoms with van der Waals surface area (Å²) in [4.78, 5) is 0. The minimum atomic E-state index is -0.749. The van der Waals surface area contributed by atoms with Crippen LogP contribution in [0.3, 0.4) is 0 Å². The molecule has 0 bridgehead atoms. The van der Waals surface area contributed by atoms with Crippen LogP contribution in [0.15, 0.2) is 30.3 Å². The molecule has 2 nitrogen and oxygen atoms in total. The van der Waals surface area contributed by atoms with Gasteiger partial charge in [-0.3, -0.25) is 0 Å². The van der Waals surface area contributed by atoms with E-state index in [9.17, 15) is 10.2 Å². The molecule has 0 amide bonds. The molecule has 1 unspecified atom stereocenters. The van der Waals surface area contributed by atoms with Gasteiger partial charge in [-0.15, -0.1) is 0 Å². The van der Waals surface area contributed by atoms with Crippen molar-refractivity contribution in [3.8, 4) is 11.8 Å². The average molecular weight is 230 g/mol. The smallest absolute Gasteiger partial charge is 0.140 e. The predicted octanol–water partition coefficient (Wildman–Crippen LogP) is 2.42. The van der Waals surface area contributed by atoms with Gasteiger partial charge in [-0.1, -0.05) is 55.0 Å². The number of aliphatic hydroxyl groups excluding tert-OH is 1. The van der Waals surface area contributed by atoms with Crippen molar-refractivity contribution in [3.63, 3.8) is 0 Å². The highest BCUT2D eigenvalue weighted by Crippen LogP contribution is 2.31. The Bertz CT molecular complexity index is 408. The fourth-order valence-corrected chi connectivity index (χ4v) is 2.24. The lowest BCUT2D eigenvalue weighted by molar-refractivity contribution is 0.0531. The van der Waals surface area contributed by atoms with Gasteiger partial charge in [0.2, 0.25) is 0 Å². The van der Waals surface area contributed by atoms with E-state index in [0.29, 0.717) is 6.42 Å². The minimum absolute atomic E-state index is 0.469. The van der Waals surface area contributed by atoms with Gasteiger partial charge in [0, 0.05) is 6.42 Å². The number of rotatable bonds is 2. The Kier molecular flexibility index (Phi) is 3.83. The molecule has 0 radical (unpaired) electrons. The Balaban J connectivity index is 1.93. The summed E-state index contributed by atoms with van der Waals surface area (Å²) in [7, 11) is 0. The molecule has 2 heteroatoms. The van der Waals surface area contributed by atoms with Gasteiger partial charge in [0.15, 0.2) is 0 Å². The molecule has 0 spiro atoms. The molecule has 0 aromatic heterocycles. The number of hydrogen-bond donors (Lipinski definition) is 2. The van der Waals surface area contributed by atoms with Crippen molar-refractivity contribution in [1.29, 1.82) is 0 Å². The second-order valence-electron chi connectivity index (χ2n) is 4.74. The van der Waals surface area contributed by atoms with Crippen LogP contribution in [-0.4, -0.2) is 15.8 Å². The molecule has 17 heavy (non-hydrogen) atoms. The lowest BCUT2D eigenvalue weighted by atomic mass is 9.98. The first-order valence-corrected chi connectivity index (χ1v) is 6.13. The maximum absolute atomic E-state index is 10.1. The van der Waals surface area contributed by atoms with Crippen LogP contribution in [0.1, 0.15) is 43.8 Å². The first-order valence-electron chi connectivity index (χ1n) is 6.13. The van der Waals surface area contributed by atoms with Gasteiger partial charge in [-0.25, -0.2) is 0 Å². The molecule has 1 aromatic rings. The maximum Gasteiger partial charge on any atom is 0.140 e. The van der Waals surface area contributed by atoms with Crippen LogP contribution in [0.25, 0.3) is 0 Å². The zero-order valence-electron chi connectivity index (χ0n) is 9.89. The van der Waals surface area contributed by atoms with E-state index >= 15 is 0 Å². The first-order chi connectivity index (χ1) is 8.20. The van der Waals surface area contributed by atoms with Crippen LogP contribution < -0.4 is 0 Å². The van der Waals surface area contributed by atoms with E-state index in [4.69, 9.17) is 0 Å². The van der Waals surface area contributed by atoms with E-state index in [2.05, 4.69) is 11.8 Å². The third kappa shape index (κ3) is 3.33. The van der Waals surface area contributed by atoms with Gasteiger partial charge < -0.3 is 10.2 Å². The normalized spacial score (nSPS) is 19.4. The standard InChI is InChI=1S/C15H18O2/c16-14(13-7-2-1-3-8-13)9-6-12-15(17)10-4-5-11-15/h1-3,7-8,14,16-17H,4-5,10-12H2. The summed E-state index contributed by atoms with van der Waals surface area (Å²) in [5.74, 6) is 5.71. The molecule has 1 saturated carbocycles. The lowest BCUT2D eigenvalue weighted by Gasteiger charge is -2.18. The van der Waals surface area contributed by atoms with Crippen molar-refractivity contribution in [3.05, 3.63) is 35.9 Å². The molecule has 0 aliphatic heterocycles. The number of hydrogen-bond acceptors (Lipinski definition) is 2. The van der Waals surface area contributed by atoms with E-state index in [1.54, 1.807) is 0 Å². The zero-order valence-corrected chi connectivity index (χ0v) is 9.89. The average Bonchev–Trinajstić information content (AvgIpc) is 2.77. The molecule has 2 rings (SSSR count). The van der Waals surface area contributed by atoms with Crippen molar-refractivity contribution >= 4 is 0 Å². The van der Waals surface area contributed by atoms with Crippen molar-refractivity contribution in [1.82, 2.24) is 0 Å². The Morgan fingerprint density at radius 1 is 1.18 bits per heavy atom. The van der Waals surface area contributed by atoms with E-state index in [1.165, 1.54) is 0 Å². The van der Waals surface area contributed by atoms with Crippen LogP contribution in [0, 0.1) is 11.8 Å². The lowest BCUT2D eigenvalue weighted by Crippen LogP contribution is -2.22. The molecule has 0 saturated heterocycles. The van der Waals surface area contributed by atoms with Crippen LogP contribution >= 0.6 is 0 Å². The zero-order chi connectivity index (χ0) is 12.1. The van der Waals surface area contributed by atoms with E-state index in [0.717, 1.165) is 31.2 Å². The fraction of sp³-hybridized carbons (Fsp3) is 0.467. The highest BCUT2D eigenvalue weighted by molar-refractivity contribution is 5.25. The van der Waals surface area contributed by atoms with E-state index in [-0.39, 0.29) is 0 Å². The van der Waals surface area contributed by atoms with Crippen molar-refractivity contribution in [2.45, 2.75) is 43.8 Å². The van der Waals surface area contributed by atoms with Crippen molar-refractivity contribution < 1.29 is 10.2 Å². The maximum atomic E-state index is 10.1. The molecule has 1 aromatic carbocycles. The van der Waals surface area contributed by atoms with Crippen LogP contribution in [0.5, 0.6) is 0 Å². The van der Waals surface area contributed by atoms with Gasteiger partial charge in [0.1, 0.15) is 6.10 Å². The van der Waals surface area contributed by atoms with E-state index < -0.39 is 11.7 Å². The quantitative estimate of drug-likeness (QED) is 0.766. The molecule has 0 heterocycles. The van der Waals surface area contributed by atoms with Crippen LogP contribution in [-0.2, 0) is 0 Å². The highest BCUT2D eigenvalue weighted by atomic mass is 16.3. The summed E-state index contributed by atoms with van der Waals surface area (Å²) in [6.07, 6.45) is 3.56. The number of benzene rings is 1. The molecule has 90 valence electrons. The highest BCUT2D eigenvalue weighted by Gasteiger charge is 2.29. The van der Waals surface area contributed by atoms with Gasteiger partial charge in [-0.2, -0.15) is 0 Å². The first kappa shape index (κ1) is 12.2. The summed E-state index contributed by atoms with van der Waals surface area (Å²) >= 11 is 0. The molecule has 1 aliphatic carbocycles. The summed E-state index contributed by atoms with van der Waals surface area (Å²) < 4.78 is 0. The molecule has 2 N–H and O–H groups in total. The molecular weight excluding hydrogens is 212 g/mol. The van der Waals surface area contributed by atoms with Gasteiger partial charge in [0.05, 0.1) is 5.60 Å². The Morgan fingerprint density at radius 3 is 2.47 bits per heavy atom. The second-order valence-corrected chi connectivity index (χ2v) is 4.74. The predicted molar refractivity (Wildman–Crippen MR) is 67.2 cm³/mol. The molecule has 1 atom stereocenters. The SMILES string of the molecule is OC(C#CCC1(O)CCCC1)c1ccccc1. The Morgan fingerprint density at radius 2 is 1.82 bits per heavy atom. The van der Waals surface area contributed by atoms with Crippen LogP contribution in [0.2, 0.25) is 0 Å². The van der Waals surface area contributed by atoms with Gasteiger partial charge in [0.25, 0.3) is 0 Å². The third-order valence-electron chi connectivity index (χ3n) is 3.31. The second kappa shape index (κ2) is 5.35. The number of aliphatic hydroxyl groups is 2. The van der Waals surface area contributed by atoms with Crippen molar-refractivity contribution in [2.75, 3.05) is 0 Å². The minimum Gasteiger partial charge on any atom is -0.389 e. The third-order valence-corrected chi connectivity index (χ3v) is 3.31. The molecule has 1 aliphatic rings. The molecular formula is C15H18O2. The largest absolute Gasteiger partial charge is 0.389 e. The van der Waals surface area contributed by atoms with Gasteiger partial charge >= 0.3 is 0 Å². The van der Waals surface area contributed by atoms with Crippen molar-refractivity contribution in [2.24, 2.45) is 0 Å². The van der Waals surface area contributed by atoms with Gasteiger partial charge in [-0.05, 0) is 18.4 Å². The summed E-state index contributed by atoms with van der Waals surface area (Å²) in [5, 5.41) is 19.9. The fourth-order valence-electron chi connectivity index (χ4n) is 2.24. The summed E-state index contributed by atoms with van der Waals surface area (Å²) in [5.41, 5.74) is 0.196. The summed E-state index contributed by atoms with van der Waals surface area (Å²) in [6.45, 7) is 0. The Hall–Kier alpha value is -1.30. The topological polar surface area (TPSA) is 40.5 Å².